The number of hydrogen-bond acceptors (Lipinski definition) is 4. The quantitative estimate of drug-likeness (QED) is 0.771. The second-order valence-corrected chi connectivity index (χ2v) is 2.54. The first-order valence-electron chi connectivity index (χ1n) is 3.94. The van der Waals surface area contributed by atoms with Gasteiger partial charge in [0.1, 0.15) is 17.2 Å². The van der Waals surface area contributed by atoms with Gasteiger partial charge >= 0.3 is 0 Å². The first-order chi connectivity index (χ1) is 7.15. The minimum absolute atomic E-state index is 0.0476. The molecular weight excluding hydrogens is 206 g/mol. The Morgan fingerprint density at radius 1 is 1.40 bits per heavy atom. The number of methoxy groups -OCH3 is 2. The van der Waals surface area contributed by atoms with Crippen LogP contribution in [0.2, 0.25) is 0 Å². The highest BCUT2D eigenvalue weighted by Gasteiger charge is 2.24. The number of nitriles is 1. The van der Waals surface area contributed by atoms with E-state index in [1.54, 1.807) is 6.07 Å². The predicted molar refractivity (Wildman–Crippen MR) is 47.0 cm³/mol. The molecule has 1 rings (SSSR count). The fourth-order valence-corrected chi connectivity index (χ4v) is 1.15. The van der Waals surface area contributed by atoms with Crippen molar-refractivity contribution in [1.82, 2.24) is 4.98 Å². The van der Waals surface area contributed by atoms with Crippen molar-refractivity contribution in [3.05, 3.63) is 17.3 Å². The van der Waals surface area contributed by atoms with Crippen LogP contribution in [0.4, 0.5) is 8.78 Å². The molecule has 1 aromatic rings. The molecular formula is C9H8F2N2O2. The van der Waals surface area contributed by atoms with Gasteiger partial charge in [-0.25, -0.2) is 13.8 Å². The summed E-state index contributed by atoms with van der Waals surface area (Å²) >= 11 is 0. The standard InChI is InChI=1S/C9H8F2N2O2/c1-14-7-5(3-12)4-13-9(15-2)6(7)8(10)11/h4,8H,1-2H3. The molecule has 6 heteroatoms. The third kappa shape index (κ3) is 1.96. The van der Waals surface area contributed by atoms with E-state index in [4.69, 9.17) is 10.00 Å². The molecule has 15 heavy (non-hydrogen) atoms. The Kier molecular flexibility index (Phi) is 3.39. The number of alkyl halides is 2. The highest BCUT2D eigenvalue weighted by Crippen LogP contribution is 2.37. The number of halogens is 2. The SMILES string of the molecule is COc1ncc(C#N)c(OC)c1C(F)F. The Morgan fingerprint density at radius 3 is 2.47 bits per heavy atom. The molecule has 0 aliphatic heterocycles. The first-order valence-corrected chi connectivity index (χ1v) is 3.94. The van der Waals surface area contributed by atoms with Crippen LogP contribution in [0, 0.1) is 11.3 Å². The van der Waals surface area contributed by atoms with E-state index in [0.717, 1.165) is 6.20 Å². The maximum absolute atomic E-state index is 12.7. The summed E-state index contributed by atoms with van der Waals surface area (Å²) in [5, 5.41) is 8.66. The fraction of sp³-hybridized carbons (Fsp3) is 0.333. The van der Waals surface area contributed by atoms with E-state index in [-0.39, 0.29) is 17.2 Å². The van der Waals surface area contributed by atoms with Crippen molar-refractivity contribution in [2.24, 2.45) is 0 Å². The Balaban J connectivity index is 3.46. The molecule has 0 N–H and O–H groups in total. The van der Waals surface area contributed by atoms with Crippen LogP contribution < -0.4 is 9.47 Å². The topological polar surface area (TPSA) is 55.1 Å². The van der Waals surface area contributed by atoms with Gasteiger partial charge in [-0.15, -0.1) is 0 Å². The smallest absolute Gasteiger partial charge is 0.272 e. The van der Waals surface area contributed by atoms with Gasteiger partial charge in [0.2, 0.25) is 5.88 Å². The van der Waals surface area contributed by atoms with E-state index in [9.17, 15) is 8.78 Å². The normalized spacial score (nSPS) is 9.87. The number of rotatable bonds is 3. The summed E-state index contributed by atoms with van der Waals surface area (Å²) in [6.07, 6.45) is -1.68. The van der Waals surface area contributed by atoms with Crippen LogP contribution in [-0.2, 0) is 0 Å². The van der Waals surface area contributed by atoms with Crippen molar-refractivity contribution in [2.45, 2.75) is 6.43 Å². The van der Waals surface area contributed by atoms with E-state index in [0.29, 0.717) is 0 Å². The van der Waals surface area contributed by atoms with Gasteiger partial charge in [0, 0.05) is 0 Å². The maximum atomic E-state index is 12.7. The van der Waals surface area contributed by atoms with Crippen LogP contribution in [0.1, 0.15) is 17.6 Å². The summed E-state index contributed by atoms with van der Waals surface area (Å²) in [6, 6.07) is 1.72. The molecule has 0 aromatic carbocycles. The molecule has 0 spiro atoms. The lowest BCUT2D eigenvalue weighted by atomic mass is 10.2. The summed E-state index contributed by atoms with van der Waals surface area (Å²) < 4.78 is 34.8. The van der Waals surface area contributed by atoms with Crippen molar-refractivity contribution < 1.29 is 18.3 Å². The summed E-state index contributed by atoms with van der Waals surface area (Å²) in [4.78, 5) is 3.59. The number of hydrogen-bond donors (Lipinski definition) is 0. The number of aromatic nitrogens is 1. The van der Waals surface area contributed by atoms with Gasteiger partial charge in [0.15, 0.2) is 5.75 Å². The largest absolute Gasteiger partial charge is 0.495 e. The Morgan fingerprint density at radius 2 is 2.07 bits per heavy atom. The van der Waals surface area contributed by atoms with Gasteiger partial charge in [-0.2, -0.15) is 5.26 Å². The van der Waals surface area contributed by atoms with Crippen molar-refractivity contribution in [1.29, 1.82) is 5.26 Å². The third-order valence-electron chi connectivity index (χ3n) is 1.77. The molecule has 1 heterocycles. The molecule has 1 aromatic heterocycles. The molecule has 0 saturated heterocycles. The van der Waals surface area contributed by atoms with Crippen LogP contribution >= 0.6 is 0 Å². The maximum Gasteiger partial charge on any atom is 0.272 e. The summed E-state index contributed by atoms with van der Waals surface area (Å²) in [5.74, 6) is -0.430. The second kappa shape index (κ2) is 4.55. The number of ether oxygens (including phenoxy) is 2. The van der Waals surface area contributed by atoms with E-state index in [1.165, 1.54) is 14.2 Å². The highest BCUT2D eigenvalue weighted by molar-refractivity contribution is 5.51. The van der Waals surface area contributed by atoms with Crippen LogP contribution in [-0.4, -0.2) is 19.2 Å². The van der Waals surface area contributed by atoms with Crippen LogP contribution in [0.25, 0.3) is 0 Å². The van der Waals surface area contributed by atoms with Crippen molar-refractivity contribution >= 4 is 0 Å². The molecule has 0 amide bonds. The Bertz CT molecular complexity index is 402. The van der Waals surface area contributed by atoms with Crippen LogP contribution in [0.5, 0.6) is 11.6 Å². The van der Waals surface area contributed by atoms with Crippen LogP contribution in [0.15, 0.2) is 6.20 Å². The molecule has 0 aliphatic rings. The Labute approximate surface area is 85.1 Å². The Hall–Kier alpha value is -1.90. The van der Waals surface area contributed by atoms with Gasteiger partial charge in [-0.05, 0) is 0 Å². The molecule has 0 atom stereocenters. The number of pyridine rings is 1. The monoisotopic (exact) mass is 214 g/mol. The fourth-order valence-electron chi connectivity index (χ4n) is 1.15. The van der Waals surface area contributed by atoms with Crippen molar-refractivity contribution in [3.8, 4) is 17.7 Å². The third-order valence-corrected chi connectivity index (χ3v) is 1.77. The summed E-state index contributed by atoms with van der Waals surface area (Å²) in [6.45, 7) is 0. The van der Waals surface area contributed by atoms with E-state index in [2.05, 4.69) is 9.72 Å². The van der Waals surface area contributed by atoms with Crippen LogP contribution in [0.3, 0.4) is 0 Å². The van der Waals surface area contributed by atoms with E-state index < -0.39 is 12.0 Å². The molecule has 0 aliphatic carbocycles. The second-order valence-electron chi connectivity index (χ2n) is 2.54. The van der Waals surface area contributed by atoms with Gasteiger partial charge < -0.3 is 9.47 Å². The predicted octanol–water partition coefficient (Wildman–Crippen LogP) is 1.91. The van der Waals surface area contributed by atoms with E-state index in [1.807, 2.05) is 0 Å². The average molecular weight is 214 g/mol. The van der Waals surface area contributed by atoms with Gasteiger partial charge in [-0.1, -0.05) is 0 Å². The molecule has 0 fully saturated rings. The summed E-state index contributed by atoms with van der Waals surface area (Å²) in [5.41, 5.74) is -0.548. The van der Waals surface area contributed by atoms with Crippen molar-refractivity contribution in [3.63, 3.8) is 0 Å². The van der Waals surface area contributed by atoms with Gasteiger partial charge in [0.05, 0.1) is 20.4 Å². The first kappa shape index (κ1) is 11.2. The van der Waals surface area contributed by atoms with Gasteiger partial charge in [-0.3, -0.25) is 0 Å². The zero-order valence-corrected chi connectivity index (χ0v) is 8.12. The minimum atomic E-state index is -2.81. The molecule has 0 saturated carbocycles. The van der Waals surface area contributed by atoms with Crippen molar-refractivity contribution in [2.75, 3.05) is 14.2 Å². The van der Waals surface area contributed by atoms with Gasteiger partial charge in [0.25, 0.3) is 6.43 Å². The summed E-state index contributed by atoms with van der Waals surface area (Å²) in [7, 11) is 2.43. The zero-order chi connectivity index (χ0) is 11.4. The molecule has 0 radical (unpaired) electrons. The lowest BCUT2D eigenvalue weighted by Crippen LogP contribution is -2.01. The number of nitrogens with zero attached hydrogens (tertiary/aromatic N) is 2. The zero-order valence-electron chi connectivity index (χ0n) is 8.12. The average Bonchev–Trinajstić information content (AvgIpc) is 2.26. The highest BCUT2D eigenvalue weighted by atomic mass is 19.3. The lowest BCUT2D eigenvalue weighted by Gasteiger charge is -2.11. The molecule has 80 valence electrons. The molecule has 0 unspecified atom stereocenters. The molecule has 0 bridgehead atoms. The minimum Gasteiger partial charge on any atom is -0.495 e. The molecule has 4 nitrogen and oxygen atoms in total. The van der Waals surface area contributed by atoms with E-state index >= 15 is 0 Å². The lowest BCUT2D eigenvalue weighted by molar-refractivity contribution is 0.141.